The van der Waals surface area contributed by atoms with E-state index < -0.39 is 17.5 Å². The molecule has 80 valence electrons. The highest BCUT2D eigenvalue weighted by atomic mass is 19.2. The minimum Gasteiger partial charge on any atom is -0.399 e. The predicted molar refractivity (Wildman–Crippen MR) is 56.2 cm³/mol. The Morgan fingerprint density at radius 1 is 1.00 bits per heavy atom. The Morgan fingerprint density at radius 2 is 1.69 bits per heavy atom. The number of nitrogen functional groups attached to an aromatic ring is 1. The zero-order chi connectivity index (χ0) is 11.9. The minimum absolute atomic E-state index is 0.119. The molecule has 2 aromatic rings. The van der Waals surface area contributed by atoms with Crippen LogP contribution >= 0.6 is 0 Å². The first-order valence-electron chi connectivity index (χ1n) is 4.38. The largest absolute Gasteiger partial charge is 0.399 e. The summed E-state index contributed by atoms with van der Waals surface area (Å²) in [6.07, 6.45) is 5.06. The van der Waals surface area contributed by atoms with Gasteiger partial charge in [0.25, 0.3) is 0 Å². The summed E-state index contributed by atoms with van der Waals surface area (Å²) in [7, 11) is 0. The van der Waals surface area contributed by atoms with Crippen molar-refractivity contribution >= 4 is 16.5 Å². The highest BCUT2D eigenvalue weighted by Crippen LogP contribution is 2.28. The van der Waals surface area contributed by atoms with Crippen LogP contribution in [0.2, 0.25) is 0 Å². The van der Waals surface area contributed by atoms with E-state index in [2.05, 4.69) is 0 Å². The van der Waals surface area contributed by atoms with Crippen molar-refractivity contribution < 1.29 is 13.2 Å². The molecule has 0 spiro atoms. The van der Waals surface area contributed by atoms with Gasteiger partial charge in [0.15, 0.2) is 17.5 Å². The molecule has 0 heterocycles. The average Bonchev–Trinajstić information content (AvgIpc) is 2.28. The highest BCUT2D eigenvalue weighted by molar-refractivity contribution is 5.91. The molecule has 0 aliphatic carbocycles. The van der Waals surface area contributed by atoms with E-state index in [0.29, 0.717) is 0 Å². The monoisotopic (exact) mass is 221 g/mol. The van der Waals surface area contributed by atoms with Crippen LogP contribution in [0.15, 0.2) is 18.2 Å². The summed E-state index contributed by atoms with van der Waals surface area (Å²) >= 11 is 0. The molecule has 16 heavy (non-hydrogen) atoms. The Labute approximate surface area is 89.7 Å². The minimum atomic E-state index is -1.58. The van der Waals surface area contributed by atoms with Crippen molar-refractivity contribution in [1.29, 1.82) is 0 Å². The number of hydrogen-bond donors (Lipinski definition) is 1. The van der Waals surface area contributed by atoms with Gasteiger partial charge in [0.1, 0.15) is 0 Å². The Balaban J connectivity index is 3.05. The van der Waals surface area contributed by atoms with Gasteiger partial charge in [-0.1, -0.05) is 12.0 Å². The van der Waals surface area contributed by atoms with Gasteiger partial charge < -0.3 is 5.73 Å². The maximum Gasteiger partial charge on any atom is 0.196 e. The number of hydrogen-bond acceptors (Lipinski definition) is 1. The van der Waals surface area contributed by atoms with E-state index in [-0.39, 0.29) is 22.0 Å². The van der Waals surface area contributed by atoms with Crippen LogP contribution in [0, 0.1) is 29.8 Å². The normalized spacial score (nSPS) is 10.4. The lowest BCUT2D eigenvalue weighted by molar-refractivity contribution is 0.452. The van der Waals surface area contributed by atoms with Gasteiger partial charge in [0, 0.05) is 16.5 Å². The molecule has 2 N–H and O–H groups in total. The van der Waals surface area contributed by atoms with Crippen molar-refractivity contribution in [2.24, 2.45) is 0 Å². The van der Waals surface area contributed by atoms with Crippen LogP contribution in [-0.4, -0.2) is 0 Å². The quantitative estimate of drug-likeness (QED) is 0.413. The first-order valence-corrected chi connectivity index (χ1v) is 4.38. The van der Waals surface area contributed by atoms with E-state index in [0.717, 1.165) is 0 Å². The van der Waals surface area contributed by atoms with Crippen LogP contribution in [0.1, 0.15) is 5.56 Å². The van der Waals surface area contributed by atoms with Gasteiger partial charge in [-0.25, -0.2) is 13.2 Å². The zero-order valence-electron chi connectivity index (χ0n) is 8.02. The molecule has 2 aromatic carbocycles. The third-order valence-corrected chi connectivity index (χ3v) is 2.30. The molecular weight excluding hydrogens is 215 g/mol. The van der Waals surface area contributed by atoms with Gasteiger partial charge >= 0.3 is 0 Å². The fraction of sp³-hybridized carbons (Fsp3) is 0. The molecule has 0 saturated carbocycles. The molecule has 0 saturated heterocycles. The molecule has 0 amide bonds. The summed E-state index contributed by atoms with van der Waals surface area (Å²) < 4.78 is 39.9. The van der Waals surface area contributed by atoms with Crippen molar-refractivity contribution in [3.05, 3.63) is 41.2 Å². The van der Waals surface area contributed by atoms with Crippen molar-refractivity contribution in [2.45, 2.75) is 0 Å². The van der Waals surface area contributed by atoms with Gasteiger partial charge in [-0.2, -0.15) is 0 Å². The number of fused-ring (bicyclic) bond motifs is 1. The smallest absolute Gasteiger partial charge is 0.196 e. The number of benzene rings is 2. The lowest BCUT2D eigenvalue weighted by atomic mass is 10.0. The Bertz CT molecular complexity index is 626. The zero-order valence-corrected chi connectivity index (χ0v) is 8.02. The summed E-state index contributed by atoms with van der Waals surface area (Å²) in [5.41, 5.74) is 5.39. The van der Waals surface area contributed by atoms with Gasteiger partial charge in [0.2, 0.25) is 0 Å². The van der Waals surface area contributed by atoms with Crippen LogP contribution in [0.4, 0.5) is 18.9 Å². The first kappa shape index (κ1) is 10.4. The van der Waals surface area contributed by atoms with Crippen molar-refractivity contribution in [3.63, 3.8) is 0 Å². The van der Waals surface area contributed by atoms with Gasteiger partial charge in [-0.3, -0.25) is 0 Å². The molecule has 0 unspecified atom stereocenters. The summed E-state index contributed by atoms with van der Waals surface area (Å²) in [4.78, 5) is 0. The lowest BCUT2D eigenvalue weighted by Gasteiger charge is -2.06. The molecular formula is C12H6F3N. The Morgan fingerprint density at radius 3 is 2.31 bits per heavy atom. The standard InChI is InChI=1S/C12H6F3N/c1-2-7-8-4-3-6(16)5-9(8)11(14)12(15)10(7)13/h1,3-5H,16H2. The number of terminal acetylenes is 1. The third-order valence-electron chi connectivity index (χ3n) is 2.30. The van der Waals surface area contributed by atoms with Gasteiger partial charge in [0.05, 0.1) is 5.56 Å². The summed E-state index contributed by atoms with van der Waals surface area (Å²) in [5.74, 6) is -2.20. The average molecular weight is 221 g/mol. The van der Waals surface area contributed by atoms with E-state index in [4.69, 9.17) is 12.2 Å². The van der Waals surface area contributed by atoms with Gasteiger partial charge in [-0.05, 0) is 12.1 Å². The Kier molecular flexibility index (Phi) is 2.24. The maximum absolute atomic E-state index is 13.4. The van der Waals surface area contributed by atoms with E-state index in [1.807, 2.05) is 5.92 Å². The van der Waals surface area contributed by atoms with E-state index >= 15 is 0 Å². The number of halogens is 3. The van der Waals surface area contributed by atoms with E-state index in [1.54, 1.807) is 0 Å². The predicted octanol–water partition coefficient (Wildman–Crippen LogP) is 2.82. The molecule has 4 heteroatoms. The summed E-state index contributed by atoms with van der Waals surface area (Å²) in [6.45, 7) is 0. The van der Waals surface area contributed by atoms with E-state index in [1.165, 1.54) is 18.2 Å². The molecule has 0 fully saturated rings. The Hall–Kier alpha value is -2.15. The second-order valence-corrected chi connectivity index (χ2v) is 3.27. The second kappa shape index (κ2) is 3.46. The van der Waals surface area contributed by atoms with Gasteiger partial charge in [-0.15, -0.1) is 6.42 Å². The molecule has 1 nitrogen and oxygen atoms in total. The first-order chi connectivity index (χ1) is 7.56. The number of rotatable bonds is 0. The van der Waals surface area contributed by atoms with Crippen molar-refractivity contribution in [2.75, 3.05) is 5.73 Å². The maximum atomic E-state index is 13.4. The molecule has 0 bridgehead atoms. The van der Waals surface area contributed by atoms with Crippen LogP contribution in [-0.2, 0) is 0 Å². The number of nitrogens with two attached hydrogens (primary N) is 1. The molecule has 0 aromatic heterocycles. The fourth-order valence-corrected chi connectivity index (χ4v) is 1.55. The topological polar surface area (TPSA) is 26.0 Å². The molecule has 2 rings (SSSR count). The van der Waals surface area contributed by atoms with Crippen molar-refractivity contribution in [3.8, 4) is 12.3 Å². The highest BCUT2D eigenvalue weighted by Gasteiger charge is 2.18. The van der Waals surface area contributed by atoms with Crippen LogP contribution in [0.25, 0.3) is 10.8 Å². The third kappa shape index (κ3) is 1.29. The van der Waals surface area contributed by atoms with Crippen LogP contribution in [0.3, 0.4) is 0 Å². The summed E-state index contributed by atoms with van der Waals surface area (Å²) in [5, 5.41) is 0.0138. The molecule has 0 radical (unpaired) electrons. The van der Waals surface area contributed by atoms with Crippen molar-refractivity contribution in [1.82, 2.24) is 0 Å². The summed E-state index contributed by atoms with van der Waals surface area (Å²) in [6, 6.07) is 4.03. The second-order valence-electron chi connectivity index (χ2n) is 3.27. The SMILES string of the molecule is C#Cc1c(F)c(F)c(F)c2cc(N)ccc12. The van der Waals surface area contributed by atoms with Crippen LogP contribution < -0.4 is 5.73 Å². The number of anilines is 1. The fourth-order valence-electron chi connectivity index (χ4n) is 1.55. The van der Waals surface area contributed by atoms with Crippen LogP contribution in [0.5, 0.6) is 0 Å². The lowest BCUT2D eigenvalue weighted by Crippen LogP contribution is -1.98. The molecule has 0 aliphatic heterocycles. The molecule has 0 aliphatic rings. The molecule has 0 atom stereocenters. The van der Waals surface area contributed by atoms with E-state index in [9.17, 15) is 13.2 Å².